The first kappa shape index (κ1) is 25.1. The van der Waals surface area contributed by atoms with Crippen LogP contribution in [-0.4, -0.2) is 35.3 Å². The minimum absolute atomic E-state index is 0.0464. The molecule has 1 fully saturated rings. The van der Waals surface area contributed by atoms with Crippen molar-refractivity contribution < 1.29 is 32.2 Å². The van der Waals surface area contributed by atoms with Crippen LogP contribution in [0.4, 0.5) is 13.2 Å². The first-order chi connectivity index (χ1) is 16.5. The van der Waals surface area contributed by atoms with Crippen LogP contribution in [0.1, 0.15) is 50.5 Å². The zero-order valence-electron chi connectivity index (χ0n) is 20.0. The zero-order chi connectivity index (χ0) is 25.5. The summed E-state index contributed by atoms with van der Waals surface area (Å²) >= 11 is 0. The number of hydrogen-bond donors (Lipinski definition) is 1. The lowest BCUT2D eigenvalue weighted by Gasteiger charge is -2.35. The number of fused-ring (bicyclic) bond motifs is 1. The lowest BCUT2D eigenvalue weighted by molar-refractivity contribution is -0.154. The molecule has 1 saturated heterocycles. The Morgan fingerprint density at radius 1 is 1.11 bits per heavy atom. The molecule has 4 rings (SSSR count). The van der Waals surface area contributed by atoms with Crippen LogP contribution in [0.2, 0.25) is 0 Å². The summed E-state index contributed by atoms with van der Waals surface area (Å²) in [5.74, 6) is -2.61. The van der Waals surface area contributed by atoms with E-state index in [0.29, 0.717) is 18.7 Å². The van der Waals surface area contributed by atoms with E-state index in [1.807, 2.05) is 32.6 Å². The summed E-state index contributed by atoms with van der Waals surface area (Å²) in [6, 6.07) is 9.17. The number of hydrogen-bond acceptors (Lipinski definition) is 6. The lowest BCUT2D eigenvalue weighted by Crippen LogP contribution is -2.44. The summed E-state index contributed by atoms with van der Waals surface area (Å²) in [7, 11) is 0. The summed E-state index contributed by atoms with van der Waals surface area (Å²) in [6.07, 6.45) is -5.18. The van der Waals surface area contributed by atoms with Crippen LogP contribution in [0.25, 0.3) is 11.0 Å². The van der Waals surface area contributed by atoms with Crippen LogP contribution < -0.4 is 10.2 Å². The molecule has 2 heterocycles. The number of aromatic hydroxyl groups is 1. The minimum Gasteiger partial charge on any atom is -0.507 e. The molecule has 1 N–H and O–H groups in total. The normalized spacial score (nSPS) is 19.4. The maximum atomic E-state index is 14.1. The van der Waals surface area contributed by atoms with Gasteiger partial charge in [-0.15, -0.1) is 0 Å². The second-order valence-electron chi connectivity index (χ2n) is 9.27. The highest BCUT2D eigenvalue weighted by atomic mass is 19.4. The van der Waals surface area contributed by atoms with E-state index in [1.54, 1.807) is 18.2 Å². The Kier molecular flexibility index (Phi) is 6.83. The third-order valence-electron chi connectivity index (χ3n) is 5.98. The van der Waals surface area contributed by atoms with Gasteiger partial charge in [-0.05, 0) is 43.5 Å². The number of ether oxygens (including phenoxy) is 2. The van der Waals surface area contributed by atoms with Gasteiger partial charge in [-0.2, -0.15) is 13.2 Å². The summed E-state index contributed by atoms with van der Waals surface area (Å²) in [4.78, 5) is 15.3. The first-order valence-corrected chi connectivity index (χ1v) is 11.5. The fourth-order valence-electron chi connectivity index (χ4n) is 4.52. The number of para-hydroxylation sites is 1. The second-order valence-corrected chi connectivity index (χ2v) is 9.27. The summed E-state index contributed by atoms with van der Waals surface area (Å²) < 4.78 is 59.0. The van der Waals surface area contributed by atoms with Crippen LogP contribution in [-0.2, 0) is 17.5 Å². The van der Waals surface area contributed by atoms with Crippen molar-refractivity contribution in [2.75, 3.05) is 13.1 Å². The van der Waals surface area contributed by atoms with Crippen LogP contribution in [0.3, 0.4) is 0 Å². The summed E-state index contributed by atoms with van der Waals surface area (Å²) in [5.41, 5.74) is -0.497. The molecule has 1 aliphatic rings. The number of benzene rings is 2. The quantitative estimate of drug-likeness (QED) is 0.469. The Hall–Kier alpha value is -3.04. The van der Waals surface area contributed by atoms with E-state index in [-0.39, 0.29) is 52.7 Å². The largest absolute Gasteiger partial charge is 0.507 e. The van der Waals surface area contributed by atoms with E-state index in [1.165, 1.54) is 18.2 Å². The van der Waals surface area contributed by atoms with Crippen LogP contribution >= 0.6 is 0 Å². The van der Waals surface area contributed by atoms with Crippen molar-refractivity contribution in [2.45, 2.75) is 58.5 Å². The van der Waals surface area contributed by atoms with Gasteiger partial charge in [0.1, 0.15) is 17.1 Å². The molecule has 0 spiro atoms. The zero-order valence-corrected chi connectivity index (χ0v) is 20.0. The van der Waals surface area contributed by atoms with Crippen molar-refractivity contribution in [1.29, 1.82) is 0 Å². The number of nitrogens with zero attached hydrogens (tertiary/aromatic N) is 1. The van der Waals surface area contributed by atoms with E-state index in [9.17, 15) is 23.1 Å². The molecular weight excluding hydrogens is 463 g/mol. The van der Waals surface area contributed by atoms with Crippen molar-refractivity contribution in [3.63, 3.8) is 0 Å². The van der Waals surface area contributed by atoms with Crippen LogP contribution in [0.15, 0.2) is 45.6 Å². The molecule has 2 atom stereocenters. The van der Waals surface area contributed by atoms with Crippen molar-refractivity contribution >= 4 is 11.0 Å². The maximum absolute atomic E-state index is 14.1. The highest BCUT2D eigenvalue weighted by molar-refractivity contribution is 5.83. The van der Waals surface area contributed by atoms with E-state index in [4.69, 9.17) is 13.9 Å². The van der Waals surface area contributed by atoms with Gasteiger partial charge in [0.15, 0.2) is 0 Å². The molecule has 0 aliphatic carbocycles. The van der Waals surface area contributed by atoms with Crippen LogP contribution in [0, 0.1) is 0 Å². The third kappa shape index (κ3) is 5.16. The number of phenols is 1. The van der Waals surface area contributed by atoms with Gasteiger partial charge in [-0.1, -0.05) is 32.0 Å². The van der Waals surface area contributed by atoms with Crippen LogP contribution in [0.5, 0.6) is 17.2 Å². The van der Waals surface area contributed by atoms with Gasteiger partial charge >= 0.3 is 6.18 Å². The number of phenolic OH excluding ortho intramolecular Hbond substituents is 1. The van der Waals surface area contributed by atoms with Gasteiger partial charge in [0.25, 0.3) is 5.76 Å². The Labute approximate surface area is 200 Å². The summed E-state index contributed by atoms with van der Waals surface area (Å²) in [5, 5.41) is 10.4. The standard InChI is InChI=1S/C26H28F3NO5/c1-14(2)17-7-5-6-8-21(17)34-24-22(32)18-9-10-20(31)19(23(18)35-25(24)26(27,28)29)13-30-11-15(3)33-16(4)12-30/h5-10,14-16,31H,11-13H2,1-4H3/t15-,16+. The molecule has 1 aromatic heterocycles. The van der Waals surface area contributed by atoms with E-state index in [0.717, 1.165) is 0 Å². The van der Waals surface area contributed by atoms with Gasteiger partial charge in [-0.25, -0.2) is 0 Å². The predicted octanol–water partition coefficient (Wildman–Crippen LogP) is 6.04. The number of halogens is 3. The highest BCUT2D eigenvalue weighted by Crippen LogP contribution is 2.41. The smallest absolute Gasteiger partial charge is 0.453 e. The van der Waals surface area contributed by atoms with Gasteiger partial charge < -0.3 is 19.0 Å². The average molecular weight is 492 g/mol. The Morgan fingerprint density at radius 2 is 1.77 bits per heavy atom. The van der Waals surface area contributed by atoms with Crippen molar-refractivity contribution in [2.24, 2.45) is 0 Å². The molecule has 0 bridgehead atoms. The Bertz CT molecular complexity index is 1270. The van der Waals surface area contributed by atoms with Gasteiger partial charge in [0, 0.05) is 19.6 Å². The topological polar surface area (TPSA) is 72.1 Å². The fraction of sp³-hybridized carbons (Fsp3) is 0.423. The summed E-state index contributed by atoms with van der Waals surface area (Å²) in [6.45, 7) is 8.67. The highest BCUT2D eigenvalue weighted by Gasteiger charge is 2.41. The molecule has 188 valence electrons. The second kappa shape index (κ2) is 9.54. The van der Waals surface area contributed by atoms with Gasteiger partial charge in [0.05, 0.1) is 23.2 Å². The fourth-order valence-corrected chi connectivity index (χ4v) is 4.52. The maximum Gasteiger partial charge on any atom is 0.453 e. The van der Waals surface area contributed by atoms with Gasteiger partial charge in [0.2, 0.25) is 11.2 Å². The average Bonchev–Trinajstić information content (AvgIpc) is 2.76. The monoisotopic (exact) mass is 491 g/mol. The molecule has 0 radical (unpaired) electrons. The minimum atomic E-state index is -5.00. The lowest BCUT2D eigenvalue weighted by atomic mass is 10.0. The first-order valence-electron chi connectivity index (χ1n) is 11.5. The van der Waals surface area contributed by atoms with Crippen molar-refractivity contribution in [3.05, 3.63) is 63.5 Å². The van der Waals surface area contributed by atoms with Crippen molar-refractivity contribution in [3.8, 4) is 17.2 Å². The van der Waals surface area contributed by atoms with E-state index >= 15 is 0 Å². The molecule has 35 heavy (non-hydrogen) atoms. The van der Waals surface area contributed by atoms with Crippen molar-refractivity contribution in [1.82, 2.24) is 4.90 Å². The Balaban J connectivity index is 1.87. The molecule has 3 aromatic rings. The number of rotatable bonds is 5. The number of morpholine rings is 1. The predicted molar refractivity (Wildman–Crippen MR) is 125 cm³/mol. The number of alkyl halides is 3. The molecule has 1 aliphatic heterocycles. The molecule has 9 heteroatoms. The third-order valence-corrected chi connectivity index (χ3v) is 5.98. The molecule has 0 saturated carbocycles. The van der Waals surface area contributed by atoms with Gasteiger partial charge in [-0.3, -0.25) is 9.69 Å². The van der Waals surface area contributed by atoms with E-state index in [2.05, 4.69) is 0 Å². The SMILES string of the molecule is CC(C)c1ccccc1Oc1c(C(F)(F)F)oc2c(CN3C[C@@H](C)O[C@@H](C)C3)c(O)ccc2c1=O. The molecular formula is C26H28F3NO5. The van der Waals surface area contributed by atoms with E-state index < -0.39 is 23.1 Å². The molecule has 0 unspecified atom stereocenters. The Morgan fingerprint density at radius 3 is 2.40 bits per heavy atom. The molecule has 6 nitrogen and oxygen atoms in total. The molecule has 0 amide bonds. The molecule has 2 aromatic carbocycles.